The molecule has 4 aromatic rings. The lowest BCUT2D eigenvalue weighted by atomic mass is 10.1. The van der Waals surface area contributed by atoms with E-state index in [0.29, 0.717) is 17.6 Å². The Morgan fingerprint density at radius 1 is 1.13 bits per heavy atom. The summed E-state index contributed by atoms with van der Waals surface area (Å²) < 4.78 is 5.48. The Labute approximate surface area is 131 Å². The highest BCUT2D eigenvalue weighted by Gasteiger charge is 2.29. The van der Waals surface area contributed by atoms with Crippen LogP contribution in [0.3, 0.4) is 0 Å². The van der Waals surface area contributed by atoms with Crippen molar-refractivity contribution in [1.82, 2.24) is 25.3 Å². The first kappa shape index (κ1) is 12.5. The van der Waals surface area contributed by atoms with Crippen LogP contribution < -0.4 is 0 Å². The highest BCUT2D eigenvalue weighted by molar-refractivity contribution is 5.92. The zero-order valence-electron chi connectivity index (χ0n) is 12.2. The molecular formula is C17H13N5O. The number of hydrogen-bond donors (Lipinski definition) is 1. The molecule has 1 saturated carbocycles. The molecule has 23 heavy (non-hydrogen) atoms. The van der Waals surface area contributed by atoms with Crippen molar-refractivity contribution in [2.45, 2.75) is 18.8 Å². The highest BCUT2D eigenvalue weighted by Crippen LogP contribution is 2.43. The van der Waals surface area contributed by atoms with Crippen molar-refractivity contribution in [2.75, 3.05) is 0 Å². The lowest BCUT2D eigenvalue weighted by Gasteiger charge is -2.00. The van der Waals surface area contributed by atoms with Gasteiger partial charge in [-0.15, -0.1) is 0 Å². The minimum Gasteiger partial charge on any atom is -0.332 e. The molecule has 112 valence electrons. The standard InChI is InChI=1S/C17H13N5O/c1-2-4-14-11(3-1)12(7-8-18-14)16-20-17(23-22-16)15-13(9-19-21-15)10-5-6-10/h1-4,7-10H,5-6H2,(H,19,21). The van der Waals surface area contributed by atoms with Crippen molar-refractivity contribution in [2.24, 2.45) is 0 Å². The van der Waals surface area contributed by atoms with E-state index >= 15 is 0 Å². The van der Waals surface area contributed by atoms with Crippen LogP contribution in [-0.4, -0.2) is 25.3 Å². The zero-order chi connectivity index (χ0) is 15.2. The van der Waals surface area contributed by atoms with E-state index in [0.717, 1.165) is 22.2 Å². The summed E-state index contributed by atoms with van der Waals surface area (Å²) >= 11 is 0. The molecule has 3 aromatic heterocycles. The molecule has 5 rings (SSSR count). The second kappa shape index (κ2) is 4.74. The number of pyridine rings is 1. The van der Waals surface area contributed by atoms with E-state index in [-0.39, 0.29) is 0 Å². The number of nitrogens with one attached hydrogen (secondary N) is 1. The molecule has 0 bridgehead atoms. The summed E-state index contributed by atoms with van der Waals surface area (Å²) in [5.41, 5.74) is 3.83. The smallest absolute Gasteiger partial charge is 0.276 e. The van der Waals surface area contributed by atoms with Crippen LogP contribution in [0, 0.1) is 0 Å². The Hall–Kier alpha value is -3.02. The summed E-state index contributed by atoms with van der Waals surface area (Å²) in [5, 5.41) is 12.3. The van der Waals surface area contributed by atoms with Gasteiger partial charge in [0.15, 0.2) is 0 Å². The fourth-order valence-electron chi connectivity index (χ4n) is 2.90. The van der Waals surface area contributed by atoms with Gasteiger partial charge in [0.05, 0.1) is 11.7 Å². The highest BCUT2D eigenvalue weighted by atomic mass is 16.5. The number of H-pyrrole nitrogens is 1. The van der Waals surface area contributed by atoms with Gasteiger partial charge in [0.2, 0.25) is 5.82 Å². The van der Waals surface area contributed by atoms with Gasteiger partial charge < -0.3 is 4.52 Å². The van der Waals surface area contributed by atoms with Gasteiger partial charge in [0, 0.05) is 22.7 Å². The summed E-state index contributed by atoms with van der Waals surface area (Å²) in [5.74, 6) is 1.62. The van der Waals surface area contributed by atoms with E-state index in [1.165, 1.54) is 18.4 Å². The number of hydrogen-bond acceptors (Lipinski definition) is 5. The number of aromatic nitrogens is 5. The number of benzene rings is 1. The minimum absolute atomic E-state index is 0.486. The maximum absolute atomic E-state index is 5.48. The van der Waals surface area contributed by atoms with Gasteiger partial charge in [-0.05, 0) is 30.9 Å². The Morgan fingerprint density at radius 3 is 2.96 bits per heavy atom. The monoisotopic (exact) mass is 303 g/mol. The fraction of sp³-hybridized carbons (Fsp3) is 0.176. The average Bonchev–Trinajstić information content (AvgIpc) is 3.12. The van der Waals surface area contributed by atoms with E-state index in [2.05, 4.69) is 25.3 Å². The Kier molecular flexibility index (Phi) is 2.58. The quantitative estimate of drug-likeness (QED) is 0.626. The number of rotatable bonds is 3. The van der Waals surface area contributed by atoms with E-state index in [4.69, 9.17) is 4.52 Å². The maximum atomic E-state index is 5.48. The van der Waals surface area contributed by atoms with Crippen LogP contribution >= 0.6 is 0 Å². The molecule has 6 nitrogen and oxygen atoms in total. The van der Waals surface area contributed by atoms with Crippen LogP contribution in [0.15, 0.2) is 47.2 Å². The molecule has 0 radical (unpaired) electrons. The van der Waals surface area contributed by atoms with E-state index in [9.17, 15) is 0 Å². The number of aromatic amines is 1. The van der Waals surface area contributed by atoms with Gasteiger partial charge in [-0.25, -0.2) is 0 Å². The first-order valence-electron chi connectivity index (χ1n) is 7.61. The van der Waals surface area contributed by atoms with Crippen molar-refractivity contribution in [3.8, 4) is 23.0 Å². The SMILES string of the molecule is c1ccc2c(-c3noc(-c4[nH]ncc4C4CC4)n3)ccnc2c1. The molecule has 6 heteroatoms. The van der Waals surface area contributed by atoms with Crippen molar-refractivity contribution < 1.29 is 4.52 Å². The third-order valence-corrected chi connectivity index (χ3v) is 4.22. The summed E-state index contributed by atoms with van der Waals surface area (Å²) in [4.78, 5) is 8.93. The van der Waals surface area contributed by atoms with Crippen LogP contribution in [-0.2, 0) is 0 Å². The van der Waals surface area contributed by atoms with Crippen molar-refractivity contribution in [3.05, 3.63) is 48.3 Å². The number of fused-ring (bicyclic) bond motifs is 1. The summed E-state index contributed by atoms with van der Waals surface area (Å²) in [6, 6.07) is 9.84. The topological polar surface area (TPSA) is 80.5 Å². The van der Waals surface area contributed by atoms with E-state index in [1.54, 1.807) is 6.20 Å². The summed E-state index contributed by atoms with van der Waals surface area (Å²) in [6.07, 6.45) is 6.02. The van der Waals surface area contributed by atoms with E-state index in [1.807, 2.05) is 36.5 Å². The normalized spacial score (nSPS) is 14.4. The molecular weight excluding hydrogens is 290 g/mol. The van der Waals surface area contributed by atoms with Crippen LogP contribution in [0.1, 0.15) is 24.3 Å². The lowest BCUT2D eigenvalue weighted by molar-refractivity contribution is 0.430. The summed E-state index contributed by atoms with van der Waals surface area (Å²) in [6.45, 7) is 0. The maximum Gasteiger partial charge on any atom is 0.276 e. The first-order chi connectivity index (χ1) is 11.4. The van der Waals surface area contributed by atoms with Gasteiger partial charge >= 0.3 is 0 Å². The van der Waals surface area contributed by atoms with Crippen LogP contribution in [0.4, 0.5) is 0 Å². The summed E-state index contributed by atoms with van der Waals surface area (Å²) in [7, 11) is 0. The largest absolute Gasteiger partial charge is 0.332 e. The molecule has 0 spiro atoms. The van der Waals surface area contributed by atoms with Gasteiger partial charge in [-0.2, -0.15) is 10.1 Å². The molecule has 1 aromatic carbocycles. The zero-order valence-corrected chi connectivity index (χ0v) is 12.2. The molecule has 3 heterocycles. The number of para-hydroxylation sites is 1. The second-order valence-electron chi connectivity index (χ2n) is 5.77. The molecule has 1 N–H and O–H groups in total. The third-order valence-electron chi connectivity index (χ3n) is 4.22. The molecule has 0 saturated heterocycles. The molecule has 0 amide bonds. The number of nitrogens with zero attached hydrogens (tertiary/aromatic N) is 4. The van der Waals surface area contributed by atoms with Crippen molar-refractivity contribution in [3.63, 3.8) is 0 Å². The molecule has 0 aliphatic heterocycles. The van der Waals surface area contributed by atoms with Gasteiger partial charge in [-0.1, -0.05) is 23.4 Å². The molecule has 0 unspecified atom stereocenters. The first-order valence-corrected chi connectivity index (χ1v) is 7.61. The Balaban J connectivity index is 1.62. The van der Waals surface area contributed by atoms with E-state index < -0.39 is 0 Å². The third kappa shape index (κ3) is 2.03. The Bertz CT molecular complexity index is 994. The van der Waals surface area contributed by atoms with Crippen LogP contribution in [0.5, 0.6) is 0 Å². The minimum atomic E-state index is 0.486. The predicted molar refractivity (Wildman–Crippen MR) is 84.6 cm³/mol. The van der Waals surface area contributed by atoms with Gasteiger partial charge in [-0.3, -0.25) is 10.1 Å². The van der Waals surface area contributed by atoms with Crippen LogP contribution in [0.2, 0.25) is 0 Å². The molecule has 0 atom stereocenters. The van der Waals surface area contributed by atoms with Gasteiger partial charge in [0.1, 0.15) is 5.69 Å². The fourth-order valence-corrected chi connectivity index (χ4v) is 2.90. The predicted octanol–water partition coefficient (Wildman–Crippen LogP) is 3.55. The lowest BCUT2D eigenvalue weighted by Crippen LogP contribution is -1.87. The van der Waals surface area contributed by atoms with Crippen molar-refractivity contribution in [1.29, 1.82) is 0 Å². The Morgan fingerprint density at radius 2 is 2.04 bits per heavy atom. The average molecular weight is 303 g/mol. The van der Waals surface area contributed by atoms with Crippen molar-refractivity contribution >= 4 is 10.9 Å². The van der Waals surface area contributed by atoms with Crippen LogP contribution in [0.25, 0.3) is 33.9 Å². The molecule has 1 aliphatic rings. The second-order valence-corrected chi connectivity index (χ2v) is 5.77. The molecule has 1 aliphatic carbocycles. The molecule has 1 fully saturated rings. The van der Waals surface area contributed by atoms with Gasteiger partial charge in [0.25, 0.3) is 5.89 Å².